The van der Waals surface area contributed by atoms with Crippen molar-refractivity contribution in [3.63, 3.8) is 0 Å². The van der Waals surface area contributed by atoms with Crippen LogP contribution in [0.5, 0.6) is 5.75 Å². The smallest absolute Gasteiger partial charge is 0.293 e. The molecule has 1 aliphatic rings. The van der Waals surface area contributed by atoms with Crippen LogP contribution in [0.25, 0.3) is 6.08 Å². The minimum absolute atomic E-state index is 0.216. The first kappa shape index (κ1) is 20.5. The SMILES string of the molecule is Cc1ccc(C(C)C)c(OCCN2C(=O)S/C(=C\c3ccc(Cl)cc3)C2=O)c1. The number of nitrogens with zero attached hydrogens (tertiary/aromatic N) is 1. The number of ether oxygens (including phenoxy) is 1. The number of imide groups is 1. The molecule has 0 N–H and O–H groups in total. The van der Waals surface area contributed by atoms with Crippen LogP contribution in [0.1, 0.15) is 36.5 Å². The van der Waals surface area contributed by atoms with Crippen molar-refractivity contribution in [1.29, 1.82) is 0 Å². The Morgan fingerprint density at radius 2 is 1.86 bits per heavy atom. The highest BCUT2D eigenvalue weighted by atomic mass is 35.5. The summed E-state index contributed by atoms with van der Waals surface area (Å²) in [6.07, 6.45) is 1.71. The van der Waals surface area contributed by atoms with Crippen molar-refractivity contribution in [3.05, 3.63) is 69.1 Å². The van der Waals surface area contributed by atoms with E-state index in [4.69, 9.17) is 16.3 Å². The molecule has 1 saturated heterocycles. The lowest BCUT2D eigenvalue weighted by Crippen LogP contribution is -2.32. The number of carbonyl (C=O) groups is 2. The lowest BCUT2D eigenvalue weighted by Gasteiger charge is -2.17. The van der Waals surface area contributed by atoms with Crippen LogP contribution in [0.15, 0.2) is 47.4 Å². The largest absolute Gasteiger partial charge is 0.491 e. The van der Waals surface area contributed by atoms with Crippen LogP contribution in [0.3, 0.4) is 0 Å². The summed E-state index contributed by atoms with van der Waals surface area (Å²) >= 11 is 6.83. The van der Waals surface area contributed by atoms with Gasteiger partial charge in [0.1, 0.15) is 12.4 Å². The first-order valence-electron chi connectivity index (χ1n) is 9.09. The minimum Gasteiger partial charge on any atom is -0.491 e. The average Bonchev–Trinajstić information content (AvgIpc) is 2.91. The Kier molecular flexibility index (Phi) is 6.47. The van der Waals surface area contributed by atoms with Crippen molar-refractivity contribution >= 4 is 40.6 Å². The van der Waals surface area contributed by atoms with E-state index in [1.54, 1.807) is 18.2 Å². The Balaban J connectivity index is 1.65. The van der Waals surface area contributed by atoms with Crippen molar-refractivity contribution in [2.45, 2.75) is 26.7 Å². The Hall–Kier alpha value is -2.24. The van der Waals surface area contributed by atoms with E-state index in [2.05, 4.69) is 26.0 Å². The number of rotatable bonds is 6. The van der Waals surface area contributed by atoms with Gasteiger partial charge in [-0.3, -0.25) is 14.5 Å². The second kappa shape index (κ2) is 8.84. The number of benzene rings is 2. The number of aryl methyl sites for hydroxylation is 1. The maximum absolute atomic E-state index is 12.6. The summed E-state index contributed by atoms with van der Waals surface area (Å²) in [5.41, 5.74) is 3.05. The maximum atomic E-state index is 12.6. The van der Waals surface area contributed by atoms with Crippen molar-refractivity contribution < 1.29 is 14.3 Å². The molecule has 0 spiro atoms. The molecule has 146 valence electrons. The quantitative estimate of drug-likeness (QED) is 0.552. The summed E-state index contributed by atoms with van der Waals surface area (Å²) in [5, 5.41) is 0.349. The van der Waals surface area contributed by atoms with Crippen molar-refractivity contribution in [1.82, 2.24) is 4.90 Å². The average molecular weight is 416 g/mol. The molecule has 0 saturated carbocycles. The molecule has 0 unspecified atom stereocenters. The predicted molar refractivity (Wildman–Crippen MR) is 115 cm³/mol. The summed E-state index contributed by atoms with van der Waals surface area (Å²) in [6.45, 7) is 6.70. The van der Waals surface area contributed by atoms with Gasteiger partial charge in [0, 0.05) is 5.02 Å². The van der Waals surface area contributed by atoms with Gasteiger partial charge in [-0.25, -0.2) is 0 Å². The van der Waals surface area contributed by atoms with E-state index < -0.39 is 0 Å². The van der Waals surface area contributed by atoms with Gasteiger partial charge in [-0.2, -0.15) is 0 Å². The monoisotopic (exact) mass is 415 g/mol. The molecule has 3 rings (SSSR count). The fourth-order valence-corrected chi connectivity index (χ4v) is 3.88. The van der Waals surface area contributed by atoms with Gasteiger partial charge in [-0.05, 0) is 65.6 Å². The van der Waals surface area contributed by atoms with Crippen molar-refractivity contribution in [2.75, 3.05) is 13.2 Å². The van der Waals surface area contributed by atoms with Gasteiger partial charge in [-0.15, -0.1) is 0 Å². The van der Waals surface area contributed by atoms with E-state index in [1.807, 2.05) is 25.1 Å². The number of carbonyl (C=O) groups excluding carboxylic acids is 2. The lowest BCUT2D eigenvalue weighted by atomic mass is 10.0. The van der Waals surface area contributed by atoms with E-state index in [0.29, 0.717) is 15.8 Å². The van der Waals surface area contributed by atoms with Gasteiger partial charge >= 0.3 is 0 Å². The Morgan fingerprint density at radius 3 is 2.54 bits per heavy atom. The summed E-state index contributed by atoms with van der Waals surface area (Å²) in [5.74, 6) is 0.843. The molecule has 2 aromatic rings. The zero-order valence-electron chi connectivity index (χ0n) is 16.1. The van der Waals surface area contributed by atoms with Crippen LogP contribution >= 0.6 is 23.4 Å². The molecule has 2 amide bonds. The van der Waals surface area contributed by atoms with Gasteiger partial charge in [0.2, 0.25) is 0 Å². The highest BCUT2D eigenvalue weighted by Gasteiger charge is 2.34. The number of thioether (sulfide) groups is 1. The van der Waals surface area contributed by atoms with Crippen LogP contribution in [-0.4, -0.2) is 29.2 Å². The third kappa shape index (κ3) is 4.78. The highest BCUT2D eigenvalue weighted by molar-refractivity contribution is 8.18. The summed E-state index contributed by atoms with van der Waals surface area (Å²) in [4.78, 5) is 26.5. The first-order valence-corrected chi connectivity index (χ1v) is 10.3. The maximum Gasteiger partial charge on any atom is 0.293 e. The first-order chi connectivity index (χ1) is 13.3. The normalized spacial score (nSPS) is 15.8. The molecule has 2 aromatic carbocycles. The Labute approximate surface area is 174 Å². The molecule has 6 heteroatoms. The van der Waals surface area contributed by atoms with Crippen LogP contribution in [0.2, 0.25) is 5.02 Å². The third-order valence-electron chi connectivity index (χ3n) is 4.40. The Bertz CT molecular complexity index is 922. The number of halogens is 1. The third-order valence-corrected chi connectivity index (χ3v) is 5.56. The number of hydrogen-bond donors (Lipinski definition) is 0. The molecular formula is C22H22ClNO3S. The minimum atomic E-state index is -0.290. The van der Waals surface area contributed by atoms with Crippen LogP contribution < -0.4 is 4.74 Å². The van der Waals surface area contributed by atoms with E-state index in [0.717, 1.165) is 34.2 Å². The molecule has 0 atom stereocenters. The van der Waals surface area contributed by atoms with Gasteiger partial charge < -0.3 is 4.74 Å². The zero-order valence-corrected chi connectivity index (χ0v) is 17.6. The molecule has 4 nitrogen and oxygen atoms in total. The second-order valence-electron chi connectivity index (χ2n) is 6.93. The fraction of sp³-hybridized carbons (Fsp3) is 0.273. The molecule has 1 heterocycles. The molecule has 0 aromatic heterocycles. The topological polar surface area (TPSA) is 46.6 Å². The van der Waals surface area contributed by atoms with E-state index >= 15 is 0 Å². The summed E-state index contributed by atoms with van der Waals surface area (Å²) in [6, 6.07) is 13.2. The molecule has 0 radical (unpaired) electrons. The van der Waals surface area contributed by atoms with Gasteiger partial charge in [-0.1, -0.05) is 49.7 Å². The van der Waals surface area contributed by atoms with Crippen LogP contribution in [0.4, 0.5) is 4.79 Å². The number of hydrogen-bond acceptors (Lipinski definition) is 4. The van der Waals surface area contributed by atoms with E-state index in [-0.39, 0.29) is 24.3 Å². The zero-order chi connectivity index (χ0) is 20.3. The molecule has 1 fully saturated rings. The molecule has 0 bridgehead atoms. The van der Waals surface area contributed by atoms with Crippen molar-refractivity contribution in [2.24, 2.45) is 0 Å². The summed E-state index contributed by atoms with van der Waals surface area (Å²) in [7, 11) is 0. The number of amides is 2. The molecule has 1 aliphatic heterocycles. The lowest BCUT2D eigenvalue weighted by molar-refractivity contribution is -0.123. The second-order valence-corrected chi connectivity index (χ2v) is 8.36. The molecule has 0 aliphatic carbocycles. The summed E-state index contributed by atoms with van der Waals surface area (Å²) < 4.78 is 5.92. The van der Waals surface area contributed by atoms with Gasteiger partial charge in [0.25, 0.3) is 11.1 Å². The Morgan fingerprint density at radius 1 is 1.14 bits per heavy atom. The van der Waals surface area contributed by atoms with Gasteiger partial charge in [0.05, 0.1) is 11.4 Å². The van der Waals surface area contributed by atoms with Crippen molar-refractivity contribution in [3.8, 4) is 5.75 Å². The fourth-order valence-electron chi connectivity index (χ4n) is 2.89. The van der Waals surface area contributed by atoms with E-state index in [9.17, 15) is 9.59 Å². The molecular weight excluding hydrogens is 394 g/mol. The highest BCUT2D eigenvalue weighted by Crippen LogP contribution is 2.32. The standard InChI is InChI=1S/C22H22ClNO3S/c1-14(2)18-9-4-15(3)12-19(18)27-11-10-24-21(25)20(28-22(24)26)13-16-5-7-17(23)8-6-16/h4-9,12-14H,10-11H2,1-3H3/b20-13-. The van der Waals surface area contributed by atoms with E-state index in [1.165, 1.54) is 4.90 Å². The molecule has 28 heavy (non-hydrogen) atoms. The van der Waals surface area contributed by atoms with Gasteiger partial charge in [0.15, 0.2) is 0 Å². The predicted octanol–water partition coefficient (Wildman–Crippen LogP) is 5.89. The van der Waals surface area contributed by atoms with Crippen LogP contribution in [0, 0.1) is 6.92 Å². The van der Waals surface area contributed by atoms with Crippen LogP contribution in [-0.2, 0) is 4.79 Å².